The Kier molecular flexibility index (Phi) is 1.64. The largest absolute Gasteiger partial charge is 0.276 e. The lowest BCUT2D eigenvalue weighted by Gasteiger charge is -1.70. The Bertz CT molecular complexity index is 99.0. The molecule has 1 aliphatic heterocycles. The molecule has 1 rings (SSSR count). The van der Waals surface area contributed by atoms with E-state index in [4.69, 9.17) is 0 Å². The third-order valence-corrected chi connectivity index (χ3v) is 4.51. The van der Waals surface area contributed by atoms with E-state index in [0.29, 0.717) is 3.12 Å². The van der Waals surface area contributed by atoms with Crippen molar-refractivity contribution in [2.75, 3.05) is 5.75 Å². The van der Waals surface area contributed by atoms with Gasteiger partial charge in [0, 0.05) is 5.75 Å². The molecule has 0 unspecified atom stereocenters. The quantitative estimate of drug-likeness (QED) is 0.450. The van der Waals surface area contributed by atoms with Crippen LogP contribution in [-0.4, -0.2) is 12.9 Å². The summed E-state index contributed by atoms with van der Waals surface area (Å²) in [5.74, 6) is 0.978. The van der Waals surface area contributed by atoms with Crippen LogP contribution in [0.25, 0.3) is 0 Å². The molecule has 6 heavy (non-hydrogen) atoms. The molecule has 1 aliphatic rings. The van der Waals surface area contributed by atoms with Gasteiger partial charge in [0.2, 0.25) is 3.12 Å². The van der Waals surface area contributed by atoms with Gasteiger partial charge in [-0.2, -0.15) is 0 Å². The van der Waals surface area contributed by atoms with Gasteiger partial charge in [-0.05, 0) is 24.7 Å². The lowest BCUT2D eigenvalue weighted by molar-refractivity contribution is 0.278. The number of halogens is 1. The fourth-order valence-electron chi connectivity index (χ4n) is 0.223. The lowest BCUT2D eigenvalue weighted by atomic mass is 11.0. The molecule has 0 atom stereocenters. The van der Waals surface area contributed by atoms with E-state index < -0.39 is 0 Å². The van der Waals surface area contributed by atoms with Crippen LogP contribution >= 0.6 is 32.5 Å². The SMILES string of the molecule is O=C1SCC=I1. The van der Waals surface area contributed by atoms with Crippen molar-refractivity contribution in [2.24, 2.45) is 0 Å². The summed E-state index contributed by atoms with van der Waals surface area (Å²) in [5.41, 5.74) is 0. The molecule has 1 nitrogen and oxygen atoms in total. The molecule has 0 aromatic heterocycles. The van der Waals surface area contributed by atoms with Gasteiger partial charge in [0.25, 0.3) is 0 Å². The Hall–Kier alpha value is 0.620. The monoisotopic (exact) mass is 214 g/mol. The molecule has 0 bridgehead atoms. The van der Waals surface area contributed by atoms with E-state index in [-0.39, 0.29) is 20.7 Å². The summed E-state index contributed by atoms with van der Waals surface area (Å²) in [6.45, 7) is 0. The molecule has 0 N–H and O–H groups in total. The highest BCUT2D eigenvalue weighted by Gasteiger charge is 2.00. The van der Waals surface area contributed by atoms with Gasteiger partial charge < -0.3 is 0 Å². The van der Waals surface area contributed by atoms with Crippen LogP contribution in [0.4, 0.5) is 4.79 Å². The number of rotatable bonds is 0. The normalized spacial score (nSPS) is 21.0. The number of hydrogen-bond acceptors (Lipinski definition) is 2. The van der Waals surface area contributed by atoms with Gasteiger partial charge in [-0.1, -0.05) is 11.8 Å². The van der Waals surface area contributed by atoms with Crippen molar-refractivity contribution < 1.29 is 4.79 Å². The highest BCUT2D eigenvalue weighted by atomic mass is 127. The van der Waals surface area contributed by atoms with E-state index in [1.54, 1.807) is 0 Å². The summed E-state index contributed by atoms with van der Waals surface area (Å²) < 4.78 is 2.53. The molecular weight excluding hydrogens is 211 g/mol. The van der Waals surface area contributed by atoms with E-state index in [2.05, 4.69) is 4.01 Å². The number of carbonyl (C=O) groups excluding carboxylic acids is 1. The molecule has 0 saturated carbocycles. The van der Waals surface area contributed by atoms with Gasteiger partial charge in [0.1, 0.15) is 0 Å². The van der Waals surface area contributed by atoms with Crippen LogP contribution in [0.5, 0.6) is 0 Å². The van der Waals surface area contributed by atoms with Crippen molar-refractivity contribution in [3.05, 3.63) is 0 Å². The zero-order valence-corrected chi connectivity index (χ0v) is 5.95. The van der Waals surface area contributed by atoms with Gasteiger partial charge in [-0.25, -0.2) is 0 Å². The fourth-order valence-corrected chi connectivity index (χ4v) is 3.48. The minimum absolute atomic E-state index is 0.121. The highest BCUT2D eigenvalue weighted by Crippen LogP contribution is 2.20. The standard InChI is InChI=1S/C3H3IOS/c5-3-4-1-2-6-3/h1H,2H2. The molecule has 3 heteroatoms. The first-order chi connectivity index (χ1) is 2.89. The second-order valence-electron chi connectivity index (χ2n) is 0.812. The smallest absolute Gasteiger partial charge is 0.243 e. The van der Waals surface area contributed by atoms with E-state index >= 15 is 0 Å². The molecule has 0 aromatic rings. The Balaban J connectivity index is 2.59. The van der Waals surface area contributed by atoms with Gasteiger partial charge in [0.15, 0.2) is 0 Å². The zero-order valence-electron chi connectivity index (χ0n) is 2.98. The third kappa shape index (κ3) is 1.04. The van der Waals surface area contributed by atoms with Crippen LogP contribution in [0, 0.1) is 0 Å². The molecule has 0 aromatic carbocycles. The van der Waals surface area contributed by atoms with Crippen LogP contribution in [0.3, 0.4) is 0 Å². The second-order valence-corrected chi connectivity index (χ2v) is 5.02. The number of thioether (sulfide) groups is 1. The summed E-state index contributed by atoms with van der Waals surface area (Å²) in [6.07, 6.45) is 0. The lowest BCUT2D eigenvalue weighted by Crippen LogP contribution is -1.65. The first-order valence-corrected chi connectivity index (χ1v) is 4.82. The molecule has 0 aliphatic carbocycles. The van der Waals surface area contributed by atoms with Gasteiger partial charge in [-0.15, -0.1) is 0 Å². The molecule has 0 saturated heterocycles. The Morgan fingerprint density at radius 3 is 3.00 bits per heavy atom. The minimum atomic E-state index is -0.121. The van der Waals surface area contributed by atoms with Crippen molar-refractivity contribution in [1.29, 1.82) is 0 Å². The van der Waals surface area contributed by atoms with Crippen molar-refractivity contribution in [3.63, 3.8) is 0 Å². The van der Waals surface area contributed by atoms with Crippen molar-refractivity contribution in [3.8, 4) is 0 Å². The van der Waals surface area contributed by atoms with Crippen LogP contribution < -0.4 is 0 Å². The topological polar surface area (TPSA) is 17.1 Å². The van der Waals surface area contributed by atoms with Crippen molar-refractivity contribution in [2.45, 2.75) is 0 Å². The van der Waals surface area contributed by atoms with Crippen molar-refractivity contribution >= 4 is 39.6 Å². The Morgan fingerprint density at radius 2 is 2.83 bits per heavy atom. The maximum atomic E-state index is 10.2. The van der Waals surface area contributed by atoms with E-state index in [1.807, 2.05) is 0 Å². The first kappa shape index (κ1) is 4.77. The summed E-state index contributed by atoms with van der Waals surface area (Å²) in [5, 5.41) is 0. The summed E-state index contributed by atoms with van der Waals surface area (Å²) in [7, 11) is 0. The number of hydrogen-bond donors (Lipinski definition) is 0. The van der Waals surface area contributed by atoms with Gasteiger partial charge >= 0.3 is 0 Å². The van der Waals surface area contributed by atoms with Gasteiger partial charge in [0.05, 0.1) is 0 Å². The zero-order chi connectivity index (χ0) is 4.41. The molecule has 0 fully saturated rings. The molecule has 0 radical (unpaired) electrons. The van der Waals surface area contributed by atoms with Crippen molar-refractivity contribution in [1.82, 2.24) is 0 Å². The van der Waals surface area contributed by atoms with Crippen LogP contribution in [0.15, 0.2) is 0 Å². The maximum absolute atomic E-state index is 10.2. The molecule has 0 spiro atoms. The Morgan fingerprint density at radius 1 is 2.00 bits per heavy atom. The fraction of sp³-hybridized carbons (Fsp3) is 0.333. The molecule has 0 amide bonds. The second kappa shape index (κ2) is 2.07. The summed E-state index contributed by atoms with van der Waals surface area (Å²) >= 11 is 1.33. The van der Waals surface area contributed by atoms with Gasteiger partial charge in [-0.3, -0.25) is 4.79 Å². The van der Waals surface area contributed by atoms with Crippen LogP contribution in [0.2, 0.25) is 0 Å². The average Bonchev–Trinajstić information content (AvgIpc) is 1.86. The average molecular weight is 214 g/mol. The summed E-state index contributed by atoms with van der Waals surface area (Å²) in [6, 6.07) is 0. The summed E-state index contributed by atoms with van der Waals surface area (Å²) in [4.78, 5) is 10.2. The maximum Gasteiger partial charge on any atom is 0.243 e. The van der Waals surface area contributed by atoms with E-state index in [1.165, 1.54) is 11.8 Å². The van der Waals surface area contributed by atoms with E-state index in [9.17, 15) is 4.79 Å². The molecular formula is C3H3IOS. The van der Waals surface area contributed by atoms with Crippen LogP contribution in [-0.2, 0) is 0 Å². The van der Waals surface area contributed by atoms with Crippen LogP contribution in [0.1, 0.15) is 0 Å². The number of carbonyl (C=O) groups is 1. The van der Waals surface area contributed by atoms with E-state index in [0.717, 1.165) is 5.75 Å². The predicted octanol–water partition coefficient (Wildman–Crippen LogP) is 1.63. The highest BCUT2D eigenvalue weighted by molar-refractivity contribution is 14.2. The molecule has 34 valence electrons. The first-order valence-electron chi connectivity index (χ1n) is 1.51. The predicted molar refractivity (Wildman–Crippen MR) is 37.9 cm³/mol. The molecule has 1 heterocycles. The third-order valence-electron chi connectivity index (χ3n) is 0.426. The minimum Gasteiger partial charge on any atom is -0.276 e. The Labute approximate surface area is 50.2 Å².